The largest absolute Gasteiger partial charge is 0.497 e. The maximum atomic E-state index is 13.5. The molecule has 0 aliphatic carbocycles. The monoisotopic (exact) mass is 521 g/mol. The second-order valence-electron chi connectivity index (χ2n) is 10.5. The topological polar surface area (TPSA) is 92.2 Å². The average molecular weight is 522 g/mol. The van der Waals surface area contributed by atoms with Crippen molar-refractivity contribution < 1.29 is 4.74 Å². The normalized spacial score (nSPS) is 15.8. The smallest absolute Gasteiger partial charge is 0.253 e. The Morgan fingerprint density at radius 3 is 2.51 bits per heavy atom. The lowest BCUT2D eigenvalue weighted by atomic mass is 10.0. The molecule has 0 unspecified atom stereocenters. The highest BCUT2D eigenvalue weighted by molar-refractivity contribution is 6.30. The van der Waals surface area contributed by atoms with Crippen LogP contribution in [0.15, 0.2) is 47.3 Å². The van der Waals surface area contributed by atoms with Gasteiger partial charge in [-0.15, -0.1) is 5.10 Å². The molecule has 0 bridgehead atoms. The second kappa shape index (κ2) is 9.79. The molecule has 9 nitrogen and oxygen atoms in total. The first-order chi connectivity index (χ1) is 17.7. The number of anilines is 1. The number of hydrogen-bond donors (Lipinski definition) is 1. The number of H-pyrrole nitrogens is 1. The summed E-state index contributed by atoms with van der Waals surface area (Å²) in [7, 11) is 1.63. The molecular formula is C27H32ClN7O2. The molecule has 0 spiro atoms. The zero-order chi connectivity index (χ0) is 26.3. The molecule has 1 N–H and O–H groups in total. The van der Waals surface area contributed by atoms with Crippen LogP contribution < -0.4 is 15.2 Å². The Balaban J connectivity index is 1.56. The van der Waals surface area contributed by atoms with Crippen LogP contribution in [0.25, 0.3) is 10.9 Å². The van der Waals surface area contributed by atoms with E-state index in [0.29, 0.717) is 11.4 Å². The second-order valence-corrected chi connectivity index (χ2v) is 10.9. The van der Waals surface area contributed by atoms with Gasteiger partial charge in [0, 0.05) is 53.4 Å². The Kier molecular flexibility index (Phi) is 6.68. The summed E-state index contributed by atoms with van der Waals surface area (Å²) in [5, 5.41) is 14.4. The van der Waals surface area contributed by atoms with E-state index >= 15 is 0 Å². The van der Waals surface area contributed by atoms with Gasteiger partial charge in [0.2, 0.25) is 0 Å². The summed E-state index contributed by atoms with van der Waals surface area (Å²) >= 11 is 6.30. The number of hydrogen-bond acceptors (Lipinski definition) is 7. The van der Waals surface area contributed by atoms with Crippen molar-refractivity contribution >= 4 is 28.2 Å². The zero-order valence-electron chi connectivity index (χ0n) is 21.8. The van der Waals surface area contributed by atoms with Gasteiger partial charge in [-0.05, 0) is 80.1 Å². The molecule has 194 valence electrons. The number of ether oxygens (including phenoxy) is 1. The third-order valence-electron chi connectivity index (χ3n) is 6.94. The van der Waals surface area contributed by atoms with E-state index in [4.69, 9.17) is 16.3 Å². The number of aromatic amines is 1. The fraction of sp³-hybridized carbons (Fsp3) is 0.407. The number of piperazine rings is 1. The third kappa shape index (κ3) is 4.93. The van der Waals surface area contributed by atoms with Gasteiger partial charge in [0.25, 0.3) is 5.56 Å². The Morgan fingerprint density at radius 1 is 1.05 bits per heavy atom. The number of nitrogens with zero attached hydrogens (tertiary/aromatic N) is 6. The summed E-state index contributed by atoms with van der Waals surface area (Å²) < 4.78 is 7.24. The van der Waals surface area contributed by atoms with E-state index in [1.165, 1.54) is 5.56 Å². The van der Waals surface area contributed by atoms with Crippen LogP contribution in [0.2, 0.25) is 5.02 Å². The number of tetrazole rings is 1. The van der Waals surface area contributed by atoms with Crippen molar-refractivity contribution in [3.8, 4) is 5.75 Å². The molecule has 1 saturated heterocycles. The van der Waals surface area contributed by atoms with Crippen molar-refractivity contribution in [3.05, 3.63) is 74.8 Å². The standard InChI is InChI=1S/C27H32ClN7O2/c1-17-6-7-19(28)16-23(17)33-10-12-34(13-11-33)24(25-30-31-32-35(25)27(2,3)4)21-15-18-14-20(37-5)8-9-22(18)29-26(21)36/h6-9,14-16,24H,10-13H2,1-5H3,(H,29,36)/t24-/m1/s1. The zero-order valence-corrected chi connectivity index (χ0v) is 22.6. The van der Waals surface area contributed by atoms with Gasteiger partial charge in [-0.2, -0.15) is 0 Å². The predicted octanol–water partition coefficient (Wildman–Crippen LogP) is 4.15. The van der Waals surface area contributed by atoms with Gasteiger partial charge in [-0.1, -0.05) is 17.7 Å². The van der Waals surface area contributed by atoms with E-state index in [0.717, 1.165) is 53.5 Å². The number of halogens is 1. The van der Waals surface area contributed by atoms with Gasteiger partial charge in [0.15, 0.2) is 5.82 Å². The highest BCUT2D eigenvalue weighted by atomic mass is 35.5. The maximum Gasteiger partial charge on any atom is 0.253 e. The average Bonchev–Trinajstić information content (AvgIpc) is 3.36. The fourth-order valence-electron chi connectivity index (χ4n) is 5.02. The lowest BCUT2D eigenvalue weighted by molar-refractivity contribution is 0.190. The first kappa shape index (κ1) is 25.2. The molecule has 0 saturated carbocycles. The van der Waals surface area contributed by atoms with Crippen molar-refractivity contribution in [1.29, 1.82) is 0 Å². The van der Waals surface area contributed by atoms with Gasteiger partial charge in [0.05, 0.1) is 12.6 Å². The van der Waals surface area contributed by atoms with Gasteiger partial charge in [-0.25, -0.2) is 4.68 Å². The number of rotatable bonds is 5. The molecule has 1 aliphatic rings. The number of aromatic nitrogens is 5. The minimum Gasteiger partial charge on any atom is -0.497 e. The number of pyridine rings is 1. The molecule has 2 aromatic carbocycles. The molecule has 1 fully saturated rings. The Morgan fingerprint density at radius 2 is 1.81 bits per heavy atom. The van der Waals surface area contributed by atoms with Crippen LogP contribution in [0.4, 0.5) is 5.69 Å². The van der Waals surface area contributed by atoms with Crippen molar-refractivity contribution in [3.63, 3.8) is 0 Å². The van der Waals surface area contributed by atoms with Crippen molar-refractivity contribution in [1.82, 2.24) is 30.1 Å². The number of methoxy groups -OCH3 is 1. The van der Waals surface area contributed by atoms with Crippen LogP contribution in [0.3, 0.4) is 0 Å². The number of aryl methyl sites for hydroxylation is 1. The van der Waals surface area contributed by atoms with Crippen molar-refractivity contribution in [2.24, 2.45) is 0 Å². The first-order valence-corrected chi connectivity index (χ1v) is 12.8. The molecule has 3 heterocycles. The lowest BCUT2D eigenvalue weighted by Crippen LogP contribution is -2.49. The Bertz CT molecular complexity index is 1480. The van der Waals surface area contributed by atoms with Gasteiger partial charge in [0.1, 0.15) is 11.8 Å². The van der Waals surface area contributed by atoms with Crippen LogP contribution >= 0.6 is 11.6 Å². The summed E-state index contributed by atoms with van der Waals surface area (Å²) in [6.45, 7) is 11.3. The fourth-order valence-corrected chi connectivity index (χ4v) is 5.18. The molecule has 37 heavy (non-hydrogen) atoms. The minimum atomic E-state index is -0.420. The highest BCUT2D eigenvalue weighted by Crippen LogP contribution is 2.32. The summed E-state index contributed by atoms with van der Waals surface area (Å²) in [4.78, 5) is 21.2. The minimum absolute atomic E-state index is 0.153. The van der Waals surface area contributed by atoms with E-state index in [1.54, 1.807) is 7.11 Å². The third-order valence-corrected chi connectivity index (χ3v) is 7.17. The van der Waals surface area contributed by atoms with Crippen molar-refractivity contribution in [2.45, 2.75) is 39.3 Å². The molecule has 5 rings (SSSR count). The predicted molar refractivity (Wildman–Crippen MR) is 146 cm³/mol. The molecule has 1 atom stereocenters. The summed E-state index contributed by atoms with van der Waals surface area (Å²) in [6, 6.07) is 13.1. The summed E-state index contributed by atoms with van der Waals surface area (Å²) in [5.41, 5.74) is 3.17. The number of nitrogens with one attached hydrogen (secondary N) is 1. The number of benzene rings is 2. The van der Waals surface area contributed by atoms with Crippen LogP contribution in [-0.4, -0.2) is 63.4 Å². The summed E-state index contributed by atoms with van der Waals surface area (Å²) in [6.07, 6.45) is 0. The molecular weight excluding hydrogens is 490 g/mol. The Labute approximate surface area is 221 Å². The molecule has 1 aliphatic heterocycles. The van der Waals surface area contributed by atoms with E-state index < -0.39 is 6.04 Å². The molecule has 0 amide bonds. The first-order valence-electron chi connectivity index (χ1n) is 12.4. The molecule has 2 aromatic heterocycles. The van der Waals surface area contributed by atoms with E-state index in [2.05, 4.69) is 58.0 Å². The van der Waals surface area contributed by atoms with Crippen LogP contribution in [-0.2, 0) is 5.54 Å². The molecule has 10 heteroatoms. The van der Waals surface area contributed by atoms with Crippen LogP contribution in [0.1, 0.15) is 43.8 Å². The SMILES string of the molecule is COc1ccc2[nH]c(=O)c([C@H](c3nnnn3C(C)(C)C)N3CCN(c4cc(Cl)ccc4C)CC3)cc2c1. The van der Waals surface area contributed by atoms with Gasteiger partial charge in [-0.3, -0.25) is 9.69 Å². The van der Waals surface area contributed by atoms with Crippen LogP contribution in [0.5, 0.6) is 5.75 Å². The Hall–Kier alpha value is -3.43. The van der Waals surface area contributed by atoms with Gasteiger partial charge >= 0.3 is 0 Å². The van der Waals surface area contributed by atoms with Crippen molar-refractivity contribution in [2.75, 3.05) is 38.2 Å². The summed E-state index contributed by atoms with van der Waals surface area (Å²) in [5.74, 6) is 1.37. The van der Waals surface area contributed by atoms with E-state index in [1.807, 2.05) is 47.1 Å². The van der Waals surface area contributed by atoms with Crippen LogP contribution in [0, 0.1) is 6.92 Å². The quantitative estimate of drug-likeness (QED) is 0.421. The highest BCUT2D eigenvalue weighted by Gasteiger charge is 2.35. The number of fused-ring (bicyclic) bond motifs is 1. The molecule has 0 radical (unpaired) electrons. The molecule has 4 aromatic rings. The van der Waals surface area contributed by atoms with E-state index in [-0.39, 0.29) is 11.1 Å². The van der Waals surface area contributed by atoms with Gasteiger partial charge < -0.3 is 14.6 Å². The maximum absolute atomic E-state index is 13.5. The van der Waals surface area contributed by atoms with E-state index in [9.17, 15) is 4.79 Å². The lowest BCUT2D eigenvalue weighted by Gasteiger charge is -2.40.